The zero-order chi connectivity index (χ0) is 18.1. The molecule has 0 radical (unpaired) electrons. The van der Waals surface area contributed by atoms with Gasteiger partial charge in [-0.3, -0.25) is 10.1 Å². The molecule has 0 saturated carbocycles. The van der Waals surface area contributed by atoms with Crippen LogP contribution in [0.5, 0.6) is 11.5 Å². The Morgan fingerprint density at radius 1 is 1.08 bits per heavy atom. The topological polar surface area (TPSA) is 85.7 Å². The van der Waals surface area contributed by atoms with Crippen molar-refractivity contribution in [2.24, 2.45) is 0 Å². The lowest BCUT2D eigenvalue weighted by Crippen LogP contribution is -2.21. The van der Waals surface area contributed by atoms with E-state index >= 15 is 0 Å². The fourth-order valence-corrected chi connectivity index (χ4v) is 2.33. The van der Waals surface area contributed by atoms with Crippen LogP contribution >= 0.6 is 12.4 Å². The Labute approximate surface area is 159 Å². The summed E-state index contributed by atoms with van der Waals surface area (Å²) in [4.78, 5) is 10.2. The molecule has 0 aliphatic heterocycles. The van der Waals surface area contributed by atoms with Crippen LogP contribution in [0.25, 0.3) is 0 Å². The minimum atomic E-state index is -0.406. The van der Waals surface area contributed by atoms with Crippen molar-refractivity contribution in [1.29, 1.82) is 0 Å². The summed E-state index contributed by atoms with van der Waals surface area (Å²) >= 11 is 0. The van der Waals surface area contributed by atoms with Crippen LogP contribution in [0.2, 0.25) is 0 Å². The van der Waals surface area contributed by atoms with E-state index in [-0.39, 0.29) is 18.1 Å². The number of methoxy groups -OCH3 is 1. The SMILES string of the molecule is CCOc1ccc(CNCCNc2ccc([N+](=O)[O-])cc2)cc1OC.Cl. The summed E-state index contributed by atoms with van der Waals surface area (Å²) in [5.74, 6) is 1.47. The van der Waals surface area contributed by atoms with E-state index in [0.717, 1.165) is 29.3 Å². The fraction of sp³-hybridized carbons (Fsp3) is 0.333. The van der Waals surface area contributed by atoms with Crippen molar-refractivity contribution in [3.8, 4) is 11.5 Å². The lowest BCUT2D eigenvalue weighted by Gasteiger charge is -2.12. The van der Waals surface area contributed by atoms with Gasteiger partial charge >= 0.3 is 0 Å². The largest absolute Gasteiger partial charge is 0.493 e. The molecule has 0 amide bonds. The smallest absolute Gasteiger partial charge is 0.269 e. The van der Waals surface area contributed by atoms with E-state index in [9.17, 15) is 10.1 Å². The number of halogens is 1. The Morgan fingerprint density at radius 2 is 1.81 bits per heavy atom. The Kier molecular flexibility index (Phi) is 9.25. The lowest BCUT2D eigenvalue weighted by molar-refractivity contribution is -0.384. The molecule has 0 aliphatic carbocycles. The van der Waals surface area contributed by atoms with Crippen molar-refractivity contribution >= 4 is 23.8 Å². The van der Waals surface area contributed by atoms with E-state index < -0.39 is 4.92 Å². The van der Waals surface area contributed by atoms with Crippen LogP contribution in [0.4, 0.5) is 11.4 Å². The maximum Gasteiger partial charge on any atom is 0.269 e. The first kappa shape index (κ1) is 21.5. The Bertz CT molecular complexity index is 695. The number of ether oxygens (including phenoxy) is 2. The Balaban J connectivity index is 0.00000338. The zero-order valence-electron chi connectivity index (χ0n) is 14.9. The van der Waals surface area contributed by atoms with Crippen molar-refractivity contribution in [2.75, 3.05) is 32.1 Å². The van der Waals surface area contributed by atoms with Gasteiger partial charge in [-0.05, 0) is 36.8 Å². The van der Waals surface area contributed by atoms with Crippen molar-refractivity contribution in [3.63, 3.8) is 0 Å². The van der Waals surface area contributed by atoms with E-state index in [1.54, 1.807) is 19.2 Å². The van der Waals surface area contributed by atoms with Crippen LogP contribution in [0.1, 0.15) is 12.5 Å². The van der Waals surface area contributed by atoms with Gasteiger partial charge in [-0.2, -0.15) is 0 Å². The van der Waals surface area contributed by atoms with E-state index in [0.29, 0.717) is 19.7 Å². The van der Waals surface area contributed by atoms with Crippen molar-refractivity contribution < 1.29 is 14.4 Å². The molecule has 0 spiro atoms. The number of rotatable bonds is 10. The molecule has 0 atom stereocenters. The summed E-state index contributed by atoms with van der Waals surface area (Å²) < 4.78 is 10.8. The number of nitro groups is 1. The van der Waals surface area contributed by atoms with E-state index in [1.165, 1.54) is 12.1 Å². The van der Waals surface area contributed by atoms with Gasteiger partial charge in [0.25, 0.3) is 5.69 Å². The third kappa shape index (κ3) is 6.42. The van der Waals surface area contributed by atoms with Crippen molar-refractivity contribution in [1.82, 2.24) is 5.32 Å². The molecule has 7 nitrogen and oxygen atoms in total. The third-order valence-electron chi connectivity index (χ3n) is 3.57. The maximum absolute atomic E-state index is 10.6. The first-order valence-corrected chi connectivity index (χ1v) is 8.12. The monoisotopic (exact) mass is 381 g/mol. The van der Waals surface area contributed by atoms with Crippen LogP contribution in [0.3, 0.4) is 0 Å². The molecule has 2 aromatic carbocycles. The predicted molar refractivity (Wildman–Crippen MR) is 105 cm³/mol. The fourth-order valence-electron chi connectivity index (χ4n) is 2.33. The molecule has 142 valence electrons. The van der Waals surface area contributed by atoms with Crippen LogP contribution in [0, 0.1) is 10.1 Å². The second-order valence-electron chi connectivity index (χ2n) is 5.33. The number of non-ortho nitro benzene ring substituents is 1. The minimum Gasteiger partial charge on any atom is -0.493 e. The molecular formula is C18H24ClN3O4. The quantitative estimate of drug-likeness (QED) is 0.371. The minimum absolute atomic E-state index is 0. The molecule has 0 fully saturated rings. The van der Waals surface area contributed by atoms with Crippen LogP contribution in [-0.2, 0) is 6.54 Å². The van der Waals surface area contributed by atoms with E-state index in [1.807, 2.05) is 25.1 Å². The summed E-state index contributed by atoms with van der Waals surface area (Å²) in [6.07, 6.45) is 0. The van der Waals surface area contributed by atoms with Crippen molar-refractivity contribution in [3.05, 3.63) is 58.1 Å². The highest BCUT2D eigenvalue weighted by Gasteiger charge is 2.05. The summed E-state index contributed by atoms with van der Waals surface area (Å²) in [5.41, 5.74) is 2.05. The van der Waals surface area contributed by atoms with E-state index in [4.69, 9.17) is 9.47 Å². The Hall–Kier alpha value is -2.51. The average Bonchev–Trinajstić information content (AvgIpc) is 2.63. The number of benzene rings is 2. The second-order valence-corrected chi connectivity index (χ2v) is 5.33. The summed E-state index contributed by atoms with van der Waals surface area (Å²) in [7, 11) is 1.63. The van der Waals surface area contributed by atoms with Gasteiger partial charge in [-0.1, -0.05) is 6.07 Å². The highest BCUT2D eigenvalue weighted by Crippen LogP contribution is 2.27. The predicted octanol–water partition coefficient (Wildman–Crippen LogP) is 3.63. The van der Waals surface area contributed by atoms with Crippen LogP contribution < -0.4 is 20.1 Å². The van der Waals surface area contributed by atoms with Gasteiger partial charge in [-0.15, -0.1) is 12.4 Å². The molecule has 2 rings (SSSR count). The number of hydrogen-bond acceptors (Lipinski definition) is 6. The first-order chi connectivity index (χ1) is 12.1. The number of nitrogens with zero attached hydrogens (tertiary/aromatic N) is 1. The molecule has 2 aromatic rings. The normalized spacial score (nSPS) is 9.92. The van der Waals surface area contributed by atoms with Gasteiger partial charge < -0.3 is 20.1 Å². The zero-order valence-corrected chi connectivity index (χ0v) is 15.7. The Morgan fingerprint density at radius 3 is 2.42 bits per heavy atom. The maximum atomic E-state index is 10.6. The van der Waals surface area contributed by atoms with Gasteiger partial charge in [0.1, 0.15) is 0 Å². The average molecular weight is 382 g/mol. The van der Waals surface area contributed by atoms with Crippen molar-refractivity contribution in [2.45, 2.75) is 13.5 Å². The summed E-state index contributed by atoms with van der Waals surface area (Å²) in [6.45, 7) is 4.72. The lowest BCUT2D eigenvalue weighted by atomic mass is 10.2. The molecule has 8 heteroatoms. The number of anilines is 1. The highest BCUT2D eigenvalue weighted by molar-refractivity contribution is 5.85. The molecule has 0 aromatic heterocycles. The molecule has 0 saturated heterocycles. The molecule has 26 heavy (non-hydrogen) atoms. The molecule has 2 N–H and O–H groups in total. The molecule has 0 bridgehead atoms. The number of hydrogen-bond donors (Lipinski definition) is 2. The second kappa shape index (κ2) is 11.2. The first-order valence-electron chi connectivity index (χ1n) is 8.12. The number of nitrogens with one attached hydrogen (secondary N) is 2. The van der Waals surface area contributed by atoms with Gasteiger partial charge in [0.2, 0.25) is 0 Å². The molecule has 0 heterocycles. The third-order valence-corrected chi connectivity index (χ3v) is 3.57. The number of nitro benzene ring substituents is 1. The standard InChI is InChI=1S/C18H23N3O4.ClH/c1-3-25-17-9-4-14(12-18(17)24-2)13-19-10-11-20-15-5-7-16(8-6-15)21(22)23;/h4-9,12,19-20H,3,10-11,13H2,1-2H3;1H. The molecule has 0 unspecified atom stereocenters. The van der Waals surface area contributed by atoms with Gasteiger partial charge in [0.15, 0.2) is 11.5 Å². The molecular weight excluding hydrogens is 358 g/mol. The summed E-state index contributed by atoms with van der Waals surface area (Å²) in [6, 6.07) is 12.3. The van der Waals surface area contributed by atoms with Crippen LogP contribution in [-0.4, -0.2) is 31.7 Å². The summed E-state index contributed by atoms with van der Waals surface area (Å²) in [5, 5.41) is 17.2. The van der Waals surface area contributed by atoms with Gasteiger partial charge in [0.05, 0.1) is 18.6 Å². The highest BCUT2D eigenvalue weighted by atomic mass is 35.5. The van der Waals surface area contributed by atoms with Crippen LogP contribution in [0.15, 0.2) is 42.5 Å². The van der Waals surface area contributed by atoms with E-state index in [2.05, 4.69) is 10.6 Å². The molecule has 0 aliphatic rings. The van der Waals surface area contributed by atoms with Gasteiger partial charge in [0, 0.05) is 37.5 Å². The van der Waals surface area contributed by atoms with Gasteiger partial charge in [-0.25, -0.2) is 0 Å².